The lowest BCUT2D eigenvalue weighted by molar-refractivity contribution is 0.233. The van der Waals surface area contributed by atoms with Crippen molar-refractivity contribution in [3.8, 4) is 17.2 Å². The highest BCUT2D eigenvalue weighted by Crippen LogP contribution is 2.37. The number of methoxy groups -OCH3 is 1. The van der Waals surface area contributed by atoms with Crippen LogP contribution in [0.5, 0.6) is 17.2 Å². The number of unbranched alkanes of at least 4 members (excludes halogenated alkanes) is 2. The van der Waals surface area contributed by atoms with Gasteiger partial charge in [-0.25, -0.2) is 0 Å². The summed E-state index contributed by atoms with van der Waals surface area (Å²) in [5.41, 5.74) is 3.21. The molecule has 0 aliphatic heterocycles. The van der Waals surface area contributed by atoms with E-state index in [1.54, 1.807) is 7.11 Å². The predicted molar refractivity (Wildman–Crippen MR) is 165 cm³/mol. The van der Waals surface area contributed by atoms with E-state index in [2.05, 4.69) is 93.3 Å². The van der Waals surface area contributed by atoms with Gasteiger partial charge >= 0.3 is 0 Å². The van der Waals surface area contributed by atoms with Gasteiger partial charge in [-0.2, -0.15) is 0 Å². The van der Waals surface area contributed by atoms with Gasteiger partial charge in [-0.05, 0) is 97.5 Å². The number of nitrogens with zero attached hydrogens (tertiary/aromatic N) is 1. The van der Waals surface area contributed by atoms with E-state index in [1.165, 1.54) is 38.5 Å². The molecule has 3 rings (SSSR count). The largest absolute Gasteiger partial charge is 0.497 e. The third-order valence-electron chi connectivity index (χ3n) is 7.58. The molecular weight excluding hydrogens is 482 g/mol. The van der Waals surface area contributed by atoms with E-state index in [4.69, 9.17) is 14.2 Å². The number of anilines is 3. The molecule has 0 aliphatic rings. The second-order valence-corrected chi connectivity index (χ2v) is 10.5. The molecule has 0 N–H and O–H groups in total. The lowest BCUT2D eigenvalue weighted by Crippen LogP contribution is -2.12. The zero-order valence-corrected chi connectivity index (χ0v) is 24.8. The summed E-state index contributed by atoms with van der Waals surface area (Å²) in [4.78, 5) is 2.25. The zero-order valence-electron chi connectivity index (χ0n) is 24.8. The van der Waals surface area contributed by atoms with E-state index in [-0.39, 0.29) is 0 Å². The van der Waals surface area contributed by atoms with Crippen LogP contribution in [0.1, 0.15) is 79.1 Å². The Kier molecular flexibility index (Phi) is 13.1. The standard InChI is InChI=1S/C35H49NO3/c1-6-10-12-28(8-3)26-38-34-22-16-31(17-23-34)36(30-14-20-33(37-5)21-15-30)32-18-24-35(25-19-32)39-27-29(9-4)13-11-7-2/h14-25,28-29H,6-13,26-27H2,1-5H3. The smallest absolute Gasteiger partial charge is 0.119 e. The van der Waals surface area contributed by atoms with Crippen LogP contribution in [0.15, 0.2) is 72.8 Å². The first kappa shape index (κ1) is 30.4. The van der Waals surface area contributed by atoms with Crippen molar-refractivity contribution in [3.63, 3.8) is 0 Å². The molecule has 0 bridgehead atoms. The fraction of sp³-hybridized carbons (Fsp3) is 0.486. The van der Waals surface area contributed by atoms with E-state index < -0.39 is 0 Å². The topological polar surface area (TPSA) is 30.9 Å². The summed E-state index contributed by atoms with van der Waals surface area (Å²) in [6, 6.07) is 25.0. The molecule has 3 aromatic carbocycles. The fourth-order valence-electron chi connectivity index (χ4n) is 4.79. The molecule has 0 amide bonds. The quantitative estimate of drug-likeness (QED) is 0.163. The molecule has 212 valence electrons. The molecule has 0 fully saturated rings. The Morgan fingerprint density at radius 2 is 0.897 bits per heavy atom. The van der Waals surface area contributed by atoms with E-state index in [0.29, 0.717) is 11.8 Å². The highest BCUT2D eigenvalue weighted by Gasteiger charge is 2.14. The van der Waals surface area contributed by atoms with Gasteiger partial charge in [0.1, 0.15) is 17.2 Å². The minimum atomic E-state index is 0.611. The van der Waals surface area contributed by atoms with Crippen molar-refractivity contribution >= 4 is 17.1 Å². The molecule has 0 spiro atoms. The Balaban J connectivity index is 1.77. The van der Waals surface area contributed by atoms with Gasteiger partial charge in [-0.3, -0.25) is 0 Å². The first-order valence-electron chi connectivity index (χ1n) is 15.0. The molecule has 0 saturated carbocycles. The first-order valence-corrected chi connectivity index (χ1v) is 15.0. The molecule has 0 aliphatic carbocycles. The molecule has 39 heavy (non-hydrogen) atoms. The highest BCUT2D eigenvalue weighted by atomic mass is 16.5. The Morgan fingerprint density at radius 3 is 1.21 bits per heavy atom. The van der Waals surface area contributed by atoms with E-state index in [1.807, 2.05) is 12.1 Å². The predicted octanol–water partition coefficient (Wildman–Crippen LogP) is 10.4. The number of rotatable bonds is 18. The summed E-state index contributed by atoms with van der Waals surface area (Å²) >= 11 is 0. The fourth-order valence-corrected chi connectivity index (χ4v) is 4.79. The van der Waals surface area contributed by atoms with Crippen molar-refractivity contribution in [3.05, 3.63) is 72.8 Å². The van der Waals surface area contributed by atoms with Crippen LogP contribution < -0.4 is 19.1 Å². The molecule has 0 aromatic heterocycles. The van der Waals surface area contributed by atoms with Crippen LogP contribution in [0.4, 0.5) is 17.1 Å². The van der Waals surface area contributed by atoms with Gasteiger partial charge in [0.25, 0.3) is 0 Å². The highest BCUT2D eigenvalue weighted by molar-refractivity contribution is 5.77. The summed E-state index contributed by atoms with van der Waals surface area (Å²) in [6.07, 6.45) is 9.76. The van der Waals surface area contributed by atoms with Gasteiger partial charge in [0, 0.05) is 17.1 Å². The third kappa shape index (κ3) is 9.53. The second-order valence-electron chi connectivity index (χ2n) is 10.5. The van der Waals surface area contributed by atoms with Crippen molar-refractivity contribution < 1.29 is 14.2 Å². The van der Waals surface area contributed by atoms with Crippen molar-refractivity contribution in [1.82, 2.24) is 0 Å². The number of hydrogen-bond donors (Lipinski definition) is 0. The van der Waals surface area contributed by atoms with Gasteiger partial charge < -0.3 is 19.1 Å². The van der Waals surface area contributed by atoms with Gasteiger partial charge in [0.15, 0.2) is 0 Å². The molecule has 4 heteroatoms. The minimum Gasteiger partial charge on any atom is -0.497 e. The van der Waals surface area contributed by atoms with Crippen LogP contribution in [0.3, 0.4) is 0 Å². The van der Waals surface area contributed by atoms with Gasteiger partial charge in [-0.15, -0.1) is 0 Å². The summed E-state index contributed by atoms with van der Waals surface area (Å²) in [6.45, 7) is 10.6. The Labute approximate surface area is 237 Å². The average Bonchev–Trinajstić information content (AvgIpc) is 2.99. The molecule has 0 heterocycles. The molecule has 0 radical (unpaired) electrons. The molecule has 0 saturated heterocycles. The van der Waals surface area contributed by atoms with Crippen LogP contribution in [-0.2, 0) is 0 Å². The lowest BCUT2D eigenvalue weighted by atomic mass is 10.0. The first-order chi connectivity index (χ1) is 19.1. The molecule has 2 unspecified atom stereocenters. The van der Waals surface area contributed by atoms with Crippen molar-refractivity contribution in [2.24, 2.45) is 11.8 Å². The molecular formula is C35H49NO3. The summed E-state index contributed by atoms with van der Waals surface area (Å²) in [5.74, 6) is 3.90. The van der Waals surface area contributed by atoms with E-state index >= 15 is 0 Å². The summed E-state index contributed by atoms with van der Waals surface area (Å²) in [7, 11) is 1.70. The Morgan fingerprint density at radius 1 is 0.538 bits per heavy atom. The maximum atomic E-state index is 6.18. The third-order valence-corrected chi connectivity index (χ3v) is 7.58. The number of benzene rings is 3. The van der Waals surface area contributed by atoms with Crippen molar-refractivity contribution in [2.75, 3.05) is 25.2 Å². The van der Waals surface area contributed by atoms with E-state index in [9.17, 15) is 0 Å². The number of hydrogen-bond acceptors (Lipinski definition) is 4. The monoisotopic (exact) mass is 531 g/mol. The SMILES string of the molecule is CCCCC(CC)COc1ccc(N(c2ccc(OC)cc2)c2ccc(OCC(CC)CCCC)cc2)cc1. The Bertz CT molecular complexity index is 983. The average molecular weight is 532 g/mol. The van der Waals surface area contributed by atoms with Gasteiger partial charge in [0.2, 0.25) is 0 Å². The Hall–Kier alpha value is -3.14. The summed E-state index contributed by atoms with van der Waals surface area (Å²) < 4.78 is 17.8. The molecule has 3 aromatic rings. The zero-order chi connectivity index (χ0) is 27.9. The number of ether oxygens (including phenoxy) is 3. The van der Waals surface area contributed by atoms with E-state index in [0.717, 1.165) is 60.4 Å². The van der Waals surface area contributed by atoms with Gasteiger partial charge in [0.05, 0.1) is 20.3 Å². The van der Waals surface area contributed by atoms with Crippen LogP contribution in [0.25, 0.3) is 0 Å². The van der Waals surface area contributed by atoms with Crippen LogP contribution >= 0.6 is 0 Å². The van der Waals surface area contributed by atoms with Gasteiger partial charge in [-0.1, -0.05) is 66.2 Å². The second kappa shape index (κ2) is 16.7. The maximum Gasteiger partial charge on any atom is 0.119 e. The molecule has 2 atom stereocenters. The summed E-state index contributed by atoms with van der Waals surface area (Å²) in [5, 5.41) is 0. The van der Waals surface area contributed by atoms with Crippen LogP contribution in [0, 0.1) is 11.8 Å². The van der Waals surface area contributed by atoms with Crippen LogP contribution in [0.2, 0.25) is 0 Å². The minimum absolute atomic E-state index is 0.611. The maximum absolute atomic E-state index is 6.18. The van der Waals surface area contributed by atoms with Crippen LogP contribution in [-0.4, -0.2) is 20.3 Å². The lowest BCUT2D eigenvalue weighted by Gasteiger charge is -2.26. The van der Waals surface area contributed by atoms with Crippen molar-refractivity contribution in [2.45, 2.75) is 79.1 Å². The van der Waals surface area contributed by atoms with Crippen molar-refractivity contribution in [1.29, 1.82) is 0 Å². The normalized spacial score (nSPS) is 12.5. The molecule has 4 nitrogen and oxygen atoms in total.